The molecule has 1 saturated heterocycles. The van der Waals surface area contributed by atoms with Gasteiger partial charge in [-0.3, -0.25) is 9.69 Å². The Morgan fingerprint density at radius 3 is 2.54 bits per heavy atom. The average Bonchev–Trinajstić information content (AvgIpc) is 2.70. The van der Waals surface area contributed by atoms with Gasteiger partial charge in [0.2, 0.25) is 0 Å². The molecular formula is C24H32N2O2. The molecule has 1 N–H and O–H groups in total. The lowest BCUT2D eigenvalue weighted by Crippen LogP contribution is -2.36. The van der Waals surface area contributed by atoms with Gasteiger partial charge in [0.25, 0.3) is 5.91 Å². The summed E-state index contributed by atoms with van der Waals surface area (Å²) in [5, 5.41) is 3.00. The number of hydrogen-bond acceptors (Lipinski definition) is 3. The number of carbonyl (C=O) groups is 1. The van der Waals surface area contributed by atoms with Gasteiger partial charge in [0, 0.05) is 13.1 Å². The van der Waals surface area contributed by atoms with E-state index >= 15 is 0 Å². The van der Waals surface area contributed by atoms with E-state index in [2.05, 4.69) is 41.4 Å². The van der Waals surface area contributed by atoms with E-state index in [9.17, 15) is 4.79 Å². The first kappa shape index (κ1) is 20.4. The molecule has 2 aromatic rings. The standard InChI is InChI=1S/C24H32N2O2/c1-18-10-11-23(14-19(18)2)28-20(3)24(27)25-16-21-8-7-9-22(15-21)17-26-12-5-4-6-13-26/h7-11,14-15,20H,4-6,12-13,16-17H2,1-3H3,(H,25,27)/t20-/m0/s1. The fourth-order valence-electron chi connectivity index (χ4n) is 3.59. The molecule has 2 aromatic carbocycles. The quantitative estimate of drug-likeness (QED) is 0.775. The number of nitrogens with zero attached hydrogens (tertiary/aromatic N) is 1. The van der Waals surface area contributed by atoms with Gasteiger partial charge in [0.05, 0.1) is 0 Å². The fraction of sp³-hybridized carbons (Fsp3) is 0.458. The fourth-order valence-corrected chi connectivity index (χ4v) is 3.59. The van der Waals surface area contributed by atoms with Crippen LogP contribution in [0.25, 0.3) is 0 Å². The molecule has 0 radical (unpaired) electrons. The van der Waals surface area contributed by atoms with Crippen LogP contribution in [-0.2, 0) is 17.9 Å². The molecule has 1 atom stereocenters. The van der Waals surface area contributed by atoms with E-state index in [1.807, 2.05) is 25.1 Å². The van der Waals surface area contributed by atoms with Gasteiger partial charge in [0.1, 0.15) is 5.75 Å². The number of benzene rings is 2. The van der Waals surface area contributed by atoms with Gasteiger partial charge in [-0.25, -0.2) is 0 Å². The lowest BCUT2D eigenvalue weighted by Gasteiger charge is -2.26. The van der Waals surface area contributed by atoms with Crippen molar-refractivity contribution in [1.29, 1.82) is 0 Å². The number of likely N-dealkylation sites (tertiary alicyclic amines) is 1. The molecule has 0 spiro atoms. The van der Waals surface area contributed by atoms with Crippen LogP contribution >= 0.6 is 0 Å². The van der Waals surface area contributed by atoms with Crippen LogP contribution in [0, 0.1) is 13.8 Å². The molecule has 0 aliphatic carbocycles. The Balaban J connectivity index is 1.50. The zero-order valence-electron chi connectivity index (χ0n) is 17.3. The van der Waals surface area contributed by atoms with Gasteiger partial charge >= 0.3 is 0 Å². The zero-order valence-corrected chi connectivity index (χ0v) is 17.3. The molecule has 1 fully saturated rings. The van der Waals surface area contributed by atoms with Crippen molar-refractivity contribution < 1.29 is 9.53 Å². The van der Waals surface area contributed by atoms with Crippen molar-refractivity contribution in [2.24, 2.45) is 0 Å². The van der Waals surface area contributed by atoms with Crippen molar-refractivity contribution in [3.05, 3.63) is 64.7 Å². The lowest BCUT2D eigenvalue weighted by atomic mass is 10.1. The number of ether oxygens (including phenoxy) is 1. The third-order valence-corrected chi connectivity index (χ3v) is 5.47. The summed E-state index contributed by atoms with van der Waals surface area (Å²) in [7, 11) is 0. The molecule has 0 bridgehead atoms. The second kappa shape index (κ2) is 9.74. The number of carbonyl (C=O) groups excluding carboxylic acids is 1. The molecule has 0 unspecified atom stereocenters. The summed E-state index contributed by atoms with van der Waals surface area (Å²) in [6.07, 6.45) is 3.42. The Hall–Kier alpha value is -2.33. The SMILES string of the molecule is Cc1ccc(O[C@@H](C)C(=O)NCc2cccc(CN3CCCCC3)c2)cc1C. The Morgan fingerprint density at radius 1 is 1.04 bits per heavy atom. The van der Waals surface area contributed by atoms with Gasteiger partial charge in [-0.2, -0.15) is 0 Å². The van der Waals surface area contributed by atoms with Gasteiger partial charge in [-0.15, -0.1) is 0 Å². The third kappa shape index (κ3) is 5.83. The zero-order chi connectivity index (χ0) is 19.9. The molecule has 150 valence electrons. The number of amides is 1. The number of hydrogen-bond donors (Lipinski definition) is 1. The highest BCUT2D eigenvalue weighted by Gasteiger charge is 2.15. The summed E-state index contributed by atoms with van der Waals surface area (Å²) in [5.74, 6) is 0.633. The molecule has 3 rings (SSSR count). The highest BCUT2D eigenvalue weighted by molar-refractivity contribution is 5.80. The van der Waals surface area contributed by atoms with Crippen LogP contribution < -0.4 is 10.1 Å². The first-order valence-electron chi connectivity index (χ1n) is 10.3. The maximum absolute atomic E-state index is 12.4. The molecule has 4 heteroatoms. The van der Waals surface area contributed by atoms with Gasteiger partial charge in [-0.1, -0.05) is 36.8 Å². The second-order valence-electron chi connectivity index (χ2n) is 7.88. The molecule has 1 aliphatic heterocycles. The van der Waals surface area contributed by atoms with Crippen molar-refractivity contribution >= 4 is 5.91 Å². The molecule has 28 heavy (non-hydrogen) atoms. The summed E-state index contributed by atoms with van der Waals surface area (Å²) in [4.78, 5) is 14.9. The van der Waals surface area contributed by atoms with Crippen molar-refractivity contribution in [3.63, 3.8) is 0 Å². The minimum atomic E-state index is -0.529. The molecule has 1 heterocycles. The summed E-state index contributed by atoms with van der Waals surface area (Å²) < 4.78 is 5.81. The maximum atomic E-state index is 12.4. The Labute approximate surface area is 168 Å². The van der Waals surface area contributed by atoms with Gasteiger partial charge in [-0.05, 0) is 81.1 Å². The van der Waals surface area contributed by atoms with Crippen molar-refractivity contribution in [3.8, 4) is 5.75 Å². The van der Waals surface area contributed by atoms with Crippen LogP contribution in [0.4, 0.5) is 0 Å². The van der Waals surface area contributed by atoms with E-state index in [1.54, 1.807) is 6.92 Å². The van der Waals surface area contributed by atoms with E-state index in [0.717, 1.165) is 23.4 Å². The van der Waals surface area contributed by atoms with E-state index in [1.165, 1.54) is 43.5 Å². The summed E-state index contributed by atoms with van der Waals surface area (Å²) >= 11 is 0. The summed E-state index contributed by atoms with van der Waals surface area (Å²) in [6, 6.07) is 14.4. The highest BCUT2D eigenvalue weighted by atomic mass is 16.5. The predicted molar refractivity (Wildman–Crippen MR) is 113 cm³/mol. The average molecular weight is 381 g/mol. The van der Waals surface area contributed by atoms with E-state index in [0.29, 0.717) is 6.54 Å². The van der Waals surface area contributed by atoms with Crippen LogP contribution in [0.2, 0.25) is 0 Å². The van der Waals surface area contributed by atoms with Crippen LogP contribution in [0.1, 0.15) is 48.4 Å². The first-order valence-corrected chi connectivity index (χ1v) is 10.3. The normalized spacial score (nSPS) is 15.8. The summed E-state index contributed by atoms with van der Waals surface area (Å²) in [5.41, 5.74) is 4.82. The molecule has 0 aromatic heterocycles. The number of aryl methyl sites for hydroxylation is 2. The predicted octanol–water partition coefficient (Wildman–Crippen LogP) is 4.37. The smallest absolute Gasteiger partial charge is 0.261 e. The van der Waals surface area contributed by atoms with E-state index in [4.69, 9.17) is 4.74 Å². The Bertz CT molecular complexity index is 797. The minimum absolute atomic E-state index is 0.0975. The Kier molecular flexibility index (Phi) is 7.10. The van der Waals surface area contributed by atoms with Gasteiger partial charge in [0.15, 0.2) is 6.10 Å². The largest absolute Gasteiger partial charge is 0.481 e. The first-order chi connectivity index (χ1) is 13.5. The van der Waals surface area contributed by atoms with Crippen molar-refractivity contribution in [2.45, 2.75) is 59.2 Å². The molecule has 1 aliphatic rings. The molecular weight excluding hydrogens is 348 g/mol. The molecule has 4 nitrogen and oxygen atoms in total. The van der Waals surface area contributed by atoms with Gasteiger partial charge < -0.3 is 10.1 Å². The van der Waals surface area contributed by atoms with Crippen molar-refractivity contribution in [1.82, 2.24) is 10.2 Å². The van der Waals surface area contributed by atoms with E-state index in [-0.39, 0.29) is 5.91 Å². The minimum Gasteiger partial charge on any atom is -0.481 e. The maximum Gasteiger partial charge on any atom is 0.261 e. The monoisotopic (exact) mass is 380 g/mol. The number of nitrogens with one attached hydrogen (secondary N) is 1. The van der Waals surface area contributed by atoms with Crippen molar-refractivity contribution in [2.75, 3.05) is 13.1 Å². The molecule has 1 amide bonds. The summed E-state index contributed by atoms with van der Waals surface area (Å²) in [6.45, 7) is 9.79. The van der Waals surface area contributed by atoms with E-state index < -0.39 is 6.10 Å². The number of piperidine rings is 1. The number of rotatable bonds is 7. The van der Waals surface area contributed by atoms with Crippen LogP contribution in [0.5, 0.6) is 5.75 Å². The third-order valence-electron chi connectivity index (χ3n) is 5.47. The Morgan fingerprint density at radius 2 is 1.79 bits per heavy atom. The van der Waals surface area contributed by atoms with Crippen LogP contribution in [0.15, 0.2) is 42.5 Å². The van der Waals surface area contributed by atoms with Crippen LogP contribution in [0.3, 0.4) is 0 Å². The topological polar surface area (TPSA) is 41.6 Å². The second-order valence-corrected chi connectivity index (χ2v) is 7.88. The van der Waals surface area contributed by atoms with Crippen LogP contribution in [-0.4, -0.2) is 30.0 Å². The molecule has 0 saturated carbocycles. The highest BCUT2D eigenvalue weighted by Crippen LogP contribution is 2.18. The lowest BCUT2D eigenvalue weighted by molar-refractivity contribution is -0.127.